The molecule has 207 valence electrons. The average molecular weight is 745 g/mol. The monoisotopic (exact) mass is 745 g/mol. The second kappa shape index (κ2) is 11.4. The van der Waals surface area contributed by atoms with Crippen LogP contribution < -0.4 is 0 Å². The SMILES string of the molecule is O=S(=O)(C(F)(F)F)C(F)(F)F.O=S(=O)(C(F)(F)F)C(F)(F)F.O=S(=O)(C(F)(F)F)C(F)(F)F.[La]. The molecule has 0 aliphatic rings. The van der Waals surface area contributed by atoms with Crippen LogP contribution in [0.2, 0.25) is 0 Å². The zero-order valence-electron chi connectivity index (χ0n) is 14.1. The van der Waals surface area contributed by atoms with Gasteiger partial charge in [-0.3, -0.25) is 0 Å². The quantitative estimate of drug-likeness (QED) is 0.343. The Labute approximate surface area is 202 Å². The molecule has 0 unspecified atom stereocenters. The Morgan fingerprint density at radius 2 is 0.324 bits per heavy atom. The molecule has 0 aromatic heterocycles. The third-order valence-corrected chi connectivity index (χ3v) is 5.48. The Hall–Kier alpha value is -0.215. The van der Waals surface area contributed by atoms with Crippen LogP contribution in [0.5, 0.6) is 0 Å². The van der Waals surface area contributed by atoms with Crippen LogP contribution in [-0.2, 0) is 29.5 Å². The number of sulfone groups is 3. The topological polar surface area (TPSA) is 102 Å². The van der Waals surface area contributed by atoms with Gasteiger partial charge in [0.25, 0.3) is 0 Å². The van der Waals surface area contributed by atoms with Crippen molar-refractivity contribution in [2.24, 2.45) is 0 Å². The zero-order valence-corrected chi connectivity index (χ0v) is 20.1. The van der Waals surface area contributed by atoms with Crippen LogP contribution in [-0.4, -0.2) is 58.3 Å². The standard InChI is InChI=1S/3C2F6O2S.La/c3*3-1(4,5)11(9,10)2(6,7)8;. The zero-order chi connectivity index (χ0) is 28.5. The van der Waals surface area contributed by atoms with Crippen molar-refractivity contribution in [2.75, 3.05) is 0 Å². The van der Waals surface area contributed by atoms with Gasteiger partial charge in [0.15, 0.2) is 0 Å². The van der Waals surface area contributed by atoms with Crippen LogP contribution in [0.1, 0.15) is 0 Å². The van der Waals surface area contributed by atoms with Crippen LogP contribution in [0.3, 0.4) is 0 Å². The third kappa shape index (κ3) is 10.4. The Morgan fingerprint density at radius 1 is 0.265 bits per heavy atom. The molecular weight excluding hydrogens is 745 g/mol. The first kappa shape index (κ1) is 40.9. The van der Waals surface area contributed by atoms with Crippen LogP contribution in [0.25, 0.3) is 0 Å². The summed E-state index contributed by atoms with van der Waals surface area (Å²) >= 11 is 0. The smallest absolute Gasteiger partial charge is 0.210 e. The van der Waals surface area contributed by atoms with E-state index in [1.54, 1.807) is 0 Å². The van der Waals surface area contributed by atoms with Gasteiger partial charge in [0.05, 0.1) is 0 Å². The van der Waals surface area contributed by atoms with Gasteiger partial charge in [0, 0.05) is 35.6 Å². The average Bonchev–Trinajstić information content (AvgIpc) is 2.41. The van der Waals surface area contributed by atoms with E-state index in [-0.39, 0.29) is 35.6 Å². The largest absolute Gasteiger partial charge is 0.506 e. The van der Waals surface area contributed by atoms with E-state index in [1.807, 2.05) is 0 Å². The van der Waals surface area contributed by atoms with Crippen molar-refractivity contribution in [3.63, 3.8) is 0 Å². The van der Waals surface area contributed by atoms with Gasteiger partial charge in [-0.2, -0.15) is 79.0 Å². The minimum absolute atomic E-state index is 0. The van der Waals surface area contributed by atoms with Crippen molar-refractivity contribution in [2.45, 2.75) is 33.0 Å². The molecule has 0 spiro atoms. The van der Waals surface area contributed by atoms with E-state index >= 15 is 0 Å². The van der Waals surface area contributed by atoms with Gasteiger partial charge in [0.1, 0.15) is 0 Å². The van der Waals surface area contributed by atoms with Gasteiger partial charge in [-0.25, -0.2) is 25.3 Å². The maximum Gasteiger partial charge on any atom is 0.506 e. The molecule has 0 saturated heterocycles. The molecule has 0 aliphatic heterocycles. The van der Waals surface area contributed by atoms with Crippen LogP contribution >= 0.6 is 0 Å². The molecule has 0 saturated carbocycles. The fourth-order valence-corrected chi connectivity index (χ4v) is 1.18. The summed E-state index contributed by atoms with van der Waals surface area (Å²) in [5.41, 5.74) is -37.6. The Balaban J connectivity index is -0.000000196. The molecule has 0 aliphatic carbocycles. The van der Waals surface area contributed by atoms with Crippen LogP contribution in [0.4, 0.5) is 79.0 Å². The molecule has 0 amide bonds. The molecular formula is C6F18LaO6S3. The summed E-state index contributed by atoms with van der Waals surface area (Å²) in [4.78, 5) is 0. The van der Waals surface area contributed by atoms with Gasteiger partial charge in [-0.15, -0.1) is 0 Å². The third-order valence-electron chi connectivity index (χ3n) is 1.83. The Bertz CT molecular complexity index is 766. The van der Waals surface area contributed by atoms with E-state index in [9.17, 15) is 104 Å². The van der Waals surface area contributed by atoms with Crippen LogP contribution in [0, 0.1) is 35.6 Å². The summed E-state index contributed by atoms with van der Waals surface area (Å²) in [6, 6.07) is 0. The minimum Gasteiger partial charge on any atom is -0.210 e. The molecule has 0 N–H and O–H groups in total. The van der Waals surface area contributed by atoms with Crippen molar-refractivity contribution < 1.29 is 140 Å². The van der Waals surface area contributed by atoms with E-state index in [4.69, 9.17) is 0 Å². The van der Waals surface area contributed by atoms with E-state index < -0.39 is 62.6 Å². The summed E-state index contributed by atoms with van der Waals surface area (Å²) in [5.74, 6) is 0. The molecule has 0 aromatic rings. The summed E-state index contributed by atoms with van der Waals surface area (Å²) in [7, 11) is -21.0. The van der Waals surface area contributed by atoms with Crippen molar-refractivity contribution in [3.05, 3.63) is 0 Å². The fraction of sp³-hybridized carbons (Fsp3) is 1.00. The normalized spacial score (nSPS) is 14.6. The van der Waals surface area contributed by atoms with Crippen molar-refractivity contribution >= 4 is 29.5 Å². The predicted octanol–water partition coefficient (Wildman–Crippen LogP) is 4.32. The molecule has 0 bridgehead atoms. The van der Waals surface area contributed by atoms with Gasteiger partial charge < -0.3 is 0 Å². The van der Waals surface area contributed by atoms with Gasteiger partial charge >= 0.3 is 62.6 Å². The first-order valence-corrected chi connectivity index (χ1v) is 10.1. The van der Waals surface area contributed by atoms with E-state index in [2.05, 4.69) is 0 Å². The van der Waals surface area contributed by atoms with Gasteiger partial charge in [-0.05, 0) is 0 Å². The summed E-state index contributed by atoms with van der Waals surface area (Å²) in [5, 5.41) is 0. The van der Waals surface area contributed by atoms with E-state index in [0.29, 0.717) is 0 Å². The number of alkyl halides is 18. The molecule has 0 atom stereocenters. The van der Waals surface area contributed by atoms with Crippen LogP contribution in [0.15, 0.2) is 0 Å². The number of hydrogen-bond donors (Lipinski definition) is 0. The van der Waals surface area contributed by atoms with Gasteiger partial charge in [-0.1, -0.05) is 0 Å². The second-order valence-corrected chi connectivity index (χ2v) is 9.98. The predicted molar refractivity (Wildman–Crippen MR) is 63.1 cm³/mol. The molecule has 34 heavy (non-hydrogen) atoms. The maximum absolute atomic E-state index is 11.0. The van der Waals surface area contributed by atoms with E-state index in [1.165, 1.54) is 0 Å². The number of hydrogen-bond acceptors (Lipinski definition) is 6. The molecule has 0 rings (SSSR count). The number of rotatable bonds is 0. The molecule has 1 radical (unpaired) electrons. The van der Waals surface area contributed by atoms with Crippen molar-refractivity contribution in [1.29, 1.82) is 0 Å². The summed E-state index contributed by atoms with van der Waals surface area (Å²) in [6.07, 6.45) is 0. The molecule has 0 heterocycles. The first-order chi connectivity index (χ1) is 13.5. The van der Waals surface area contributed by atoms with Crippen molar-refractivity contribution in [3.8, 4) is 0 Å². The number of halogens is 18. The van der Waals surface area contributed by atoms with Crippen molar-refractivity contribution in [1.82, 2.24) is 0 Å². The first-order valence-electron chi connectivity index (χ1n) is 5.63. The maximum atomic E-state index is 11.0. The fourth-order valence-electron chi connectivity index (χ4n) is 0.394. The molecule has 28 heteroatoms. The minimum atomic E-state index is -7.01. The molecule has 6 nitrogen and oxygen atoms in total. The summed E-state index contributed by atoms with van der Waals surface area (Å²) in [6.45, 7) is 0. The molecule has 0 fully saturated rings. The molecule has 0 aromatic carbocycles. The van der Waals surface area contributed by atoms with E-state index in [0.717, 1.165) is 0 Å². The Morgan fingerprint density at radius 3 is 0.324 bits per heavy atom. The summed E-state index contributed by atoms with van der Waals surface area (Å²) < 4.78 is 255. The Kier molecular flexibility index (Phi) is 13.8. The second-order valence-electron chi connectivity index (χ2n) is 4.18. The van der Waals surface area contributed by atoms with Gasteiger partial charge in [0.2, 0.25) is 0 Å².